The zero-order valence-corrected chi connectivity index (χ0v) is 9.71. The van der Waals surface area contributed by atoms with Crippen molar-refractivity contribution < 1.29 is 15.0 Å². The average Bonchev–Trinajstić information content (AvgIpc) is 3.18. The number of carbonyl (C=O) groups is 1. The molecular weight excluding hydrogens is 232 g/mol. The molecule has 5 nitrogen and oxygen atoms in total. The number of primary amides is 1. The summed E-state index contributed by atoms with van der Waals surface area (Å²) in [6.45, 7) is 0. The molecule has 0 spiro atoms. The van der Waals surface area contributed by atoms with E-state index in [1.807, 2.05) is 0 Å². The lowest BCUT2D eigenvalue weighted by atomic mass is 9.94. The first-order chi connectivity index (χ1) is 8.50. The van der Waals surface area contributed by atoms with Gasteiger partial charge in [-0.15, -0.1) is 0 Å². The number of benzene rings is 1. The fourth-order valence-electron chi connectivity index (χ4n) is 1.93. The Kier molecular flexibility index (Phi) is 3.07. The van der Waals surface area contributed by atoms with Crippen LogP contribution in [0, 0.1) is 11.3 Å². The minimum Gasteiger partial charge on any atom is -0.385 e. The number of aliphatic hydroxyl groups excluding tert-OH is 2. The molecule has 0 heterocycles. The van der Waals surface area contributed by atoms with Crippen LogP contribution in [-0.4, -0.2) is 22.2 Å². The van der Waals surface area contributed by atoms with Gasteiger partial charge in [0.05, 0.1) is 11.5 Å². The summed E-state index contributed by atoms with van der Waals surface area (Å²) in [5, 5.41) is 28.1. The second kappa shape index (κ2) is 4.41. The fourth-order valence-corrected chi connectivity index (χ4v) is 1.93. The standard InChI is InChI=1S/C13H14N2O3/c14-7-13(5-6-13)9-3-1-8(2-4-9)10(16)11(17)12(15)18/h1-4,10-11,16-17H,5-6H2,(H2,15,18). The maximum absolute atomic E-state index is 10.8. The van der Waals surface area contributed by atoms with E-state index in [2.05, 4.69) is 6.07 Å². The lowest BCUT2D eigenvalue weighted by molar-refractivity contribution is -0.131. The van der Waals surface area contributed by atoms with E-state index in [-0.39, 0.29) is 5.41 Å². The van der Waals surface area contributed by atoms with Crippen molar-refractivity contribution in [2.45, 2.75) is 30.5 Å². The van der Waals surface area contributed by atoms with Crippen LogP contribution >= 0.6 is 0 Å². The first kappa shape index (κ1) is 12.6. The maximum Gasteiger partial charge on any atom is 0.249 e. The number of amides is 1. The molecule has 2 atom stereocenters. The van der Waals surface area contributed by atoms with Crippen molar-refractivity contribution in [2.75, 3.05) is 0 Å². The second-order valence-corrected chi connectivity index (χ2v) is 4.61. The summed E-state index contributed by atoms with van der Waals surface area (Å²) < 4.78 is 0. The molecule has 1 saturated carbocycles. The topological polar surface area (TPSA) is 107 Å². The van der Waals surface area contributed by atoms with E-state index < -0.39 is 18.1 Å². The summed E-state index contributed by atoms with van der Waals surface area (Å²) >= 11 is 0. The van der Waals surface area contributed by atoms with Crippen molar-refractivity contribution in [3.05, 3.63) is 35.4 Å². The molecule has 1 aromatic rings. The summed E-state index contributed by atoms with van der Waals surface area (Å²) in [6.07, 6.45) is -1.28. The zero-order valence-electron chi connectivity index (χ0n) is 9.71. The summed E-state index contributed by atoms with van der Waals surface area (Å²) in [5.41, 5.74) is 5.83. The molecule has 0 bridgehead atoms. The Morgan fingerprint density at radius 1 is 1.33 bits per heavy atom. The molecule has 1 aliphatic rings. The van der Waals surface area contributed by atoms with Gasteiger partial charge in [0.15, 0.2) is 6.10 Å². The van der Waals surface area contributed by atoms with E-state index in [0.29, 0.717) is 5.56 Å². The molecular formula is C13H14N2O3. The van der Waals surface area contributed by atoms with Crippen LogP contribution in [0.4, 0.5) is 0 Å². The molecule has 1 amide bonds. The largest absolute Gasteiger partial charge is 0.385 e. The van der Waals surface area contributed by atoms with Gasteiger partial charge in [-0.05, 0) is 24.0 Å². The Morgan fingerprint density at radius 3 is 2.28 bits per heavy atom. The lowest BCUT2D eigenvalue weighted by Crippen LogP contribution is -2.33. The van der Waals surface area contributed by atoms with Crippen LogP contribution in [0.5, 0.6) is 0 Å². The molecule has 0 aliphatic heterocycles. The smallest absolute Gasteiger partial charge is 0.249 e. The molecule has 94 valence electrons. The highest BCUT2D eigenvalue weighted by Gasteiger charge is 2.44. The third-order valence-electron chi connectivity index (χ3n) is 3.36. The molecule has 5 heteroatoms. The van der Waals surface area contributed by atoms with Crippen LogP contribution < -0.4 is 5.73 Å². The van der Waals surface area contributed by atoms with Crippen LogP contribution in [-0.2, 0) is 10.2 Å². The average molecular weight is 246 g/mol. The van der Waals surface area contributed by atoms with Crippen molar-refractivity contribution >= 4 is 5.91 Å². The van der Waals surface area contributed by atoms with Gasteiger partial charge < -0.3 is 15.9 Å². The first-order valence-corrected chi connectivity index (χ1v) is 5.67. The van der Waals surface area contributed by atoms with E-state index in [1.54, 1.807) is 24.3 Å². The quantitative estimate of drug-likeness (QED) is 0.701. The van der Waals surface area contributed by atoms with Crippen molar-refractivity contribution in [2.24, 2.45) is 5.73 Å². The van der Waals surface area contributed by atoms with Gasteiger partial charge in [-0.2, -0.15) is 5.26 Å². The van der Waals surface area contributed by atoms with Crippen molar-refractivity contribution in [3.8, 4) is 6.07 Å². The third-order valence-corrected chi connectivity index (χ3v) is 3.36. The van der Waals surface area contributed by atoms with Gasteiger partial charge >= 0.3 is 0 Å². The molecule has 0 saturated heterocycles. The lowest BCUT2D eigenvalue weighted by Gasteiger charge is -2.16. The van der Waals surface area contributed by atoms with Gasteiger partial charge in [0.25, 0.3) is 0 Å². The van der Waals surface area contributed by atoms with Crippen LogP contribution in [0.1, 0.15) is 30.1 Å². The number of rotatable bonds is 4. The molecule has 18 heavy (non-hydrogen) atoms. The zero-order chi connectivity index (χ0) is 13.3. The van der Waals surface area contributed by atoms with Crippen LogP contribution in [0.25, 0.3) is 0 Å². The van der Waals surface area contributed by atoms with Crippen molar-refractivity contribution in [1.82, 2.24) is 0 Å². The number of aliphatic hydroxyl groups is 2. The molecule has 2 unspecified atom stereocenters. The highest BCUT2D eigenvalue weighted by molar-refractivity contribution is 5.79. The Bertz CT molecular complexity index is 500. The van der Waals surface area contributed by atoms with Gasteiger partial charge in [-0.3, -0.25) is 4.79 Å². The Labute approximate surface area is 104 Å². The van der Waals surface area contributed by atoms with Gasteiger partial charge in [0.1, 0.15) is 6.10 Å². The third kappa shape index (κ3) is 2.08. The van der Waals surface area contributed by atoms with Crippen LogP contribution in [0.15, 0.2) is 24.3 Å². The summed E-state index contributed by atoms with van der Waals surface area (Å²) in [4.78, 5) is 10.8. The van der Waals surface area contributed by atoms with Crippen LogP contribution in [0.2, 0.25) is 0 Å². The molecule has 4 N–H and O–H groups in total. The predicted molar refractivity (Wildman–Crippen MR) is 63.1 cm³/mol. The number of nitrogens with zero attached hydrogens (tertiary/aromatic N) is 1. The van der Waals surface area contributed by atoms with Crippen LogP contribution in [0.3, 0.4) is 0 Å². The predicted octanol–water partition coefficient (Wildman–Crippen LogP) is 0.121. The molecule has 1 fully saturated rings. The molecule has 0 aromatic heterocycles. The second-order valence-electron chi connectivity index (χ2n) is 4.61. The van der Waals surface area contributed by atoms with E-state index in [4.69, 9.17) is 11.0 Å². The first-order valence-electron chi connectivity index (χ1n) is 5.67. The van der Waals surface area contributed by atoms with Gasteiger partial charge in [0.2, 0.25) is 5.91 Å². The van der Waals surface area contributed by atoms with E-state index in [0.717, 1.165) is 18.4 Å². The molecule has 1 aromatic carbocycles. The summed E-state index contributed by atoms with van der Waals surface area (Å²) in [5.74, 6) is -0.970. The SMILES string of the molecule is N#CC1(c2ccc(C(O)C(O)C(N)=O)cc2)CC1. The summed E-state index contributed by atoms with van der Waals surface area (Å²) in [7, 11) is 0. The highest BCUT2D eigenvalue weighted by atomic mass is 16.3. The van der Waals surface area contributed by atoms with Gasteiger partial charge in [-0.1, -0.05) is 24.3 Å². The summed E-state index contributed by atoms with van der Waals surface area (Å²) in [6, 6.07) is 8.95. The monoisotopic (exact) mass is 246 g/mol. The number of nitrogens with two attached hydrogens (primary N) is 1. The minimum atomic E-state index is -1.62. The van der Waals surface area contributed by atoms with E-state index in [9.17, 15) is 15.0 Å². The van der Waals surface area contributed by atoms with Crippen molar-refractivity contribution in [1.29, 1.82) is 5.26 Å². The number of nitriles is 1. The minimum absolute atomic E-state index is 0.383. The fraction of sp³-hybridized carbons (Fsp3) is 0.385. The Hall–Kier alpha value is -1.90. The molecule has 0 radical (unpaired) electrons. The Balaban J connectivity index is 2.18. The van der Waals surface area contributed by atoms with Gasteiger partial charge in [0, 0.05) is 0 Å². The van der Waals surface area contributed by atoms with E-state index in [1.165, 1.54) is 0 Å². The van der Waals surface area contributed by atoms with Gasteiger partial charge in [-0.25, -0.2) is 0 Å². The highest BCUT2D eigenvalue weighted by Crippen LogP contribution is 2.47. The molecule has 2 rings (SSSR count). The number of carbonyl (C=O) groups excluding carboxylic acids is 1. The Morgan fingerprint density at radius 2 is 1.89 bits per heavy atom. The van der Waals surface area contributed by atoms with Crippen molar-refractivity contribution in [3.63, 3.8) is 0 Å². The number of hydrogen-bond acceptors (Lipinski definition) is 4. The number of hydrogen-bond donors (Lipinski definition) is 3. The molecule has 1 aliphatic carbocycles. The maximum atomic E-state index is 10.8. The normalized spacial score (nSPS) is 19.6. The van der Waals surface area contributed by atoms with E-state index >= 15 is 0 Å².